The van der Waals surface area contributed by atoms with E-state index in [0.717, 1.165) is 50.3 Å². The third kappa shape index (κ3) is 5.16. The van der Waals surface area contributed by atoms with Crippen LogP contribution in [0.5, 0.6) is 0 Å². The van der Waals surface area contributed by atoms with Crippen molar-refractivity contribution in [3.05, 3.63) is 68.3 Å². The molecule has 0 bridgehead atoms. The molecule has 0 aromatic heterocycles. The Labute approximate surface area is 171 Å². The highest BCUT2D eigenvalue weighted by molar-refractivity contribution is 6.05. The minimum absolute atomic E-state index is 0.0255. The summed E-state index contributed by atoms with van der Waals surface area (Å²) >= 11 is 0. The molecule has 10 heteroatoms. The lowest BCUT2D eigenvalue weighted by Crippen LogP contribution is -2.24. The number of nitrogens with one attached hydrogen (secondary N) is 2. The molecule has 0 spiro atoms. The summed E-state index contributed by atoms with van der Waals surface area (Å²) in [6, 6.07) is 9.20. The molecule has 0 aliphatic heterocycles. The van der Waals surface area contributed by atoms with E-state index in [4.69, 9.17) is 0 Å². The van der Waals surface area contributed by atoms with Crippen LogP contribution in [0.1, 0.15) is 42.5 Å². The second-order valence-corrected chi connectivity index (χ2v) is 7.11. The molecular weight excluding hydrogens is 392 g/mol. The second kappa shape index (κ2) is 9.12. The van der Waals surface area contributed by atoms with Crippen LogP contribution in [0.4, 0.5) is 22.7 Å². The van der Waals surface area contributed by atoms with Gasteiger partial charge >= 0.3 is 0 Å². The molecule has 0 atom stereocenters. The Morgan fingerprint density at radius 2 is 1.40 bits per heavy atom. The van der Waals surface area contributed by atoms with Gasteiger partial charge in [0.1, 0.15) is 0 Å². The van der Waals surface area contributed by atoms with E-state index >= 15 is 0 Å². The molecule has 0 heterocycles. The maximum absolute atomic E-state index is 12.5. The van der Waals surface area contributed by atoms with Gasteiger partial charge in [-0.1, -0.05) is 25.3 Å². The van der Waals surface area contributed by atoms with Crippen molar-refractivity contribution in [2.45, 2.75) is 32.1 Å². The molecule has 30 heavy (non-hydrogen) atoms. The van der Waals surface area contributed by atoms with Gasteiger partial charge in [0.05, 0.1) is 21.5 Å². The molecule has 0 unspecified atom stereocenters. The highest BCUT2D eigenvalue weighted by Gasteiger charge is 2.22. The number of benzene rings is 2. The summed E-state index contributed by atoms with van der Waals surface area (Å²) in [6.07, 6.45) is 4.91. The van der Waals surface area contributed by atoms with E-state index in [9.17, 15) is 29.8 Å². The minimum Gasteiger partial charge on any atom is -0.326 e. The average Bonchev–Trinajstić information content (AvgIpc) is 2.74. The van der Waals surface area contributed by atoms with Gasteiger partial charge in [0.15, 0.2) is 0 Å². The molecule has 3 rings (SSSR count). The van der Waals surface area contributed by atoms with Crippen molar-refractivity contribution in [1.29, 1.82) is 0 Å². The summed E-state index contributed by atoms with van der Waals surface area (Å²) in [7, 11) is 0. The number of carbonyl (C=O) groups is 2. The van der Waals surface area contributed by atoms with E-state index in [-0.39, 0.29) is 17.4 Å². The average molecular weight is 412 g/mol. The third-order valence-corrected chi connectivity index (χ3v) is 4.95. The normalized spacial score (nSPS) is 14.0. The molecule has 1 fully saturated rings. The van der Waals surface area contributed by atoms with Crippen LogP contribution in [0.2, 0.25) is 0 Å². The number of amides is 2. The molecule has 10 nitrogen and oxygen atoms in total. The van der Waals surface area contributed by atoms with E-state index < -0.39 is 27.1 Å². The van der Waals surface area contributed by atoms with Gasteiger partial charge in [-0.15, -0.1) is 0 Å². The molecule has 1 aliphatic carbocycles. The Hall–Kier alpha value is -3.82. The van der Waals surface area contributed by atoms with E-state index in [2.05, 4.69) is 10.6 Å². The fraction of sp³-hybridized carbons (Fsp3) is 0.300. The van der Waals surface area contributed by atoms with Crippen LogP contribution in [0.3, 0.4) is 0 Å². The predicted octanol–water partition coefficient (Wildman–Crippen LogP) is 4.27. The van der Waals surface area contributed by atoms with E-state index in [0.29, 0.717) is 11.4 Å². The van der Waals surface area contributed by atoms with Crippen LogP contribution < -0.4 is 10.6 Å². The number of non-ortho nitro benzene ring substituents is 2. The highest BCUT2D eigenvalue weighted by atomic mass is 16.6. The zero-order valence-corrected chi connectivity index (χ0v) is 16.0. The Morgan fingerprint density at radius 1 is 0.833 bits per heavy atom. The molecule has 156 valence electrons. The van der Waals surface area contributed by atoms with E-state index in [1.165, 1.54) is 0 Å². The number of nitrogens with zero attached hydrogens (tertiary/aromatic N) is 2. The minimum atomic E-state index is -0.800. The largest absolute Gasteiger partial charge is 0.326 e. The van der Waals surface area contributed by atoms with Crippen LogP contribution in [0, 0.1) is 26.1 Å². The molecule has 2 N–H and O–H groups in total. The van der Waals surface area contributed by atoms with Gasteiger partial charge in [-0.25, -0.2) is 0 Å². The van der Waals surface area contributed by atoms with E-state index in [1.54, 1.807) is 24.3 Å². The topological polar surface area (TPSA) is 144 Å². The van der Waals surface area contributed by atoms with Crippen molar-refractivity contribution in [2.75, 3.05) is 10.6 Å². The Morgan fingerprint density at radius 3 is 1.97 bits per heavy atom. The maximum atomic E-state index is 12.5. The van der Waals surface area contributed by atoms with Crippen LogP contribution in [0.15, 0.2) is 42.5 Å². The van der Waals surface area contributed by atoms with Crippen molar-refractivity contribution in [3.8, 4) is 0 Å². The van der Waals surface area contributed by atoms with E-state index in [1.807, 2.05) is 0 Å². The van der Waals surface area contributed by atoms with Crippen molar-refractivity contribution in [2.24, 2.45) is 5.92 Å². The van der Waals surface area contributed by atoms with Gasteiger partial charge in [-0.2, -0.15) is 0 Å². The lowest BCUT2D eigenvalue weighted by atomic mass is 9.88. The molecule has 2 amide bonds. The SMILES string of the molecule is O=C(Nc1cccc(NC(=O)C2CCCCC2)c1)c1cc([N+](=O)[O-])cc([N+](=O)[O-])c1. The number of rotatable bonds is 6. The number of nitro groups is 2. The van der Waals surface area contributed by atoms with Crippen LogP contribution >= 0.6 is 0 Å². The summed E-state index contributed by atoms with van der Waals surface area (Å²) in [5, 5.41) is 27.4. The fourth-order valence-electron chi connectivity index (χ4n) is 3.42. The summed E-state index contributed by atoms with van der Waals surface area (Å²) in [5.74, 6) is -0.826. The summed E-state index contributed by atoms with van der Waals surface area (Å²) in [4.78, 5) is 45.3. The van der Waals surface area contributed by atoms with Gasteiger partial charge in [0, 0.05) is 29.4 Å². The van der Waals surface area contributed by atoms with Gasteiger partial charge < -0.3 is 10.6 Å². The van der Waals surface area contributed by atoms with Gasteiger partial charge in [0.2, 0.25) is 5.91 Å². The molecule has 1 aliphatic rings. The zero-order valence-electron chi connectivity index (χ0n) is 16.0. The number of nitro benzene ring substituents is 2. The van der Waals surface area contributed by atoms with Gasteiger partial charge in [0.25, 0.3) is 17.3 Å². The summed E-state index contributed by atoms with van der Waals surface area (Å²) < 4.78 is 0. The number of anilines is 2. The first-order valence-electron chi connectivity index (χ1n) is 9.49. The predicted molar refractivity (Wildman–Crippen MR) is 109 cm³/mol. The Kier molecular flexibility index (Phi) is 6.35. The molecule has 2 aromatic carbocycles. The first-order chi connectivity index (χ1) is 14.3. The molecule has 1 saturated carbocycles. The summed E-state index contributed by atoms with van der Waals surface area (Å²) in [5.41, 5.74) is -0.470. The standard InChI is InChI=1S/C20H20N4O6/c25-19(13-5-2-1-3-6-13)21-15-7-4-8-16(11-15)22-20(26)14-9-17(23(27)28)12-18(10-14)24(29)30/h4,7-13H,1-3,5-6H2,(H,21,25)(H,22,26). The van der Waals surface area contributed by atoms with Gasteiger partial charge in [-0.3, -0.25) is 29.8 Å². The first-order valence-corrected chi connectivity index (χ1v) is 9.49. The Bertz CT molecular complexity index is 968. The zero-order chi connectivity index (χ0) is 21.7. The van der Waals surface area contributed by atoms with Crippen LogP contribution in [-0.2, 0) is 4.79 Å². The number of hydrogen-bond donors (Lipinski definition) is 2. The summed E-state index contributed by atoms with van der Waals surface area (Å²) in [6.45, 7) is 0. The maximum Gasteiger partial charge on any atom is 0.277 e. The molecular formula is C20H20N4O6. The third-order valence-electron chi connectivity index (χ3n) is 4.95. The van der Waals surface area contributed by atoms with Gasteiger partial charge in [-0.05, 0) is 31.0 Å². The Balaban J connectivity index is 1.74. The quantitative estimate of drug-likeness (QED) is 0.535. The lowest BCUT2D eigenvalue weighted by Gasteiger charge is -2.20. The van der Waals surface area contributed by atoms with Crippen LogP contribution in [-0.4, -0.2) is 21.7 Å². The monoisotopic (exact) mass is 412 g/mol. The van der Waals surface area contributed by atoms with Crippen molar-refractivity contribution < 1.29 is 19.4 Å². The fourth-order valence-corrected chi connectivity index (χ4v) is 3.42. The molecule has 2 aromatic rings. The van der Waals surface area contributed by atoms with Crippen molar-refractivity contribution in [1.82, 2.24) is 0 Å². The molecule has 0 saturated heterocycles. The second-order valence-electron chi connectivity index (χ2n) is 7.11. The number of carbonyl (C=O) groups excluding carboxylic acids is 2. The number of hydrogen-bond acceptors (Lipinski definition) is 6. The molecule has 0 radical (unpaired) electrons. The highest BCUT2D eigenvalue weighted by Crippen LogP contribution is 2.26. The van der Waals surface area contributed by atoms with Crippen LogP contribution in [0.25, 0.3) is 0 Å². The lowest BCUT2D eigenvalue weighted by molar-refractivity contribution is -0.394. The van der Waals surface area contributed by atoms with Crippen molar-refractivity contribution >= 4 is 34.6 Å². The first kappa shape index (κ1) is 20.9. The smallest absolute Gasteiger partial charge is 0.277 e. The van der Waals surface area contributed by atoms with Crippen molar-refractivity contribution in [3.63, 3.8) is 0 Å².